The van der Waals surface area contributed by atoms with Gasteiger partial charge in [-0.05, 0) is 36.6 Å². The number of fused-ring (bicyclic) bond motifs is 1. The van der Waals surface area contributed by atoms with Gasteiger partial charge in [0.15, 0.2) is 9.84 Å². The van der Waals surface area contributed by atoms with E-state index in [4.69, 9.17) is 5.73 Å². The molecule has 1 aromatic carbocycles. The summed E-state index contributed by atoms with van der Waals surface area (Å²) in [5.41, 5.74) is 8.88. The van der Waals surface area contributed by atoms with E-state index >= 15 is 0 Å². The van der Waals surface area contributed by atoms with Crippen LogP contribution in [0.15, 0.2) is 18.2 Å². The van der Waals surface area contributed by atoms with Crippen molar-refractivity contribution in [3.63, 3.8) is 0 Å². The molecule has 0 aromatic heterocycles. The van der Waals surface area contributed by atoms with Crippen molar-refractivity contribution in [2.75, 3.05) is 35.2 Å². The van der Waals surface area contributed by atoms with E-state index in [1.807, 2.05) is 25.1 Å². The molecule has 1 aromatic rings. The Labute approximate surface area is 109 Å². The Balaban J connectivity index is 2.02. The molecule has 0 radical (unpaired) electrons. The predicted octanol–water partition coefficient (Wildman–Crippen LogP) is 1.46. The smallest absolute Gasteiger partial charge is 0.152 e. The van der Waals surface area contributed by atoms with E-state index in [9.17, 15) is 8.42 Å². The van der Waals surface area contributed by atoms with Crippen LogP contribution < -0.4 is 10.6 Å². The van der Waals surface area contributed by atoms with Crippen molar-refractivity contribution in [1.29, 1.82) is 0 Å². The summed E-state index contributed by atoms with van der Waals surface area (Å²) in [5.74, 6) is 0.528. The zero-order valence-electron chi connectivity index (χ0n) is 10.7. The van der Waals surface area contributed by atoms with E-state index in [-0.39, 0.29) is 11.5 Å². The van der Waals surface area contributed by atoms with Crippen molar-refractivity contribution in [3.05, 3.63) is 23.8 Å². The zero-order valence-corrected chi connectivity index (χ0v) is 11.5. The summed E-state index contributed by atoms with van der Waals surface area (Å²) < 4.78 is 23.4. The highest BCUT2D eigenvalue weighted by Crippen LogP contribution is 2.29. The van der Waals surface area contributed by atoms with Gasteiger partial charge in [-0.15, -0.1) is 0 Å². The molecule has 0 saturated heterocycles. The maximum absolute atomic E-state index is 11.7. The van der Waals surface area contributed by atoms with Crippen LogP contribution in [0.3, 0.4) is 0 Å². The summed E-state index contributed by atoms with van der Waals surface area (Å²) >= 11 is 0. The van der Waals surface area contributed by atoms with Crippen LogP contribution in [0, 0.1) is 0 Å². The molecule has 0 unspecified atom stereocenters. The first-order valence-electron chi connectivity index (χ1n) is 6.35. The van der Waals surface area contributed by atoms with Crippen molar-refractivity contribution in [2.45, 2.75) is 19.8 Å². The van der Waals surface area contributed by atoms with Crippen LogP contribution in [0.25, 0.3) is 0 Å². The molecule has 0 atom stereocenters. The van der Waals surface area contributed by atoms with Crippen molar-refractivity contribution < 1.29 is 8.42 Å². The van der Waals surface area contributed by atoms with Gasteiger partial charge in [0.1, 0.15) is 0 Å². The normalized spacial score (nSPS) is 14.8. The largest absolute Gasteiger partial charge is 0.399 e. The van der Waals surface area contributed by atoms with Gasteiger partial charge in [0.05, 0.1) is 5.75 Å². The SMILES string of the molecule is CCCS(=O)(=O)CCN1CCc2cc(N)ccc21. The topological polar surface area (TPSA) is 63.4 Å². The number of hydrogen-bond donors (Lipinski definition) is 1. The van der Waals surface area contributed by atoms with Crippen molar-refractivity contribution in [2.24, 2.45) is 0 Å². The van der Waals surface area contributed by atoms with Crippen LogP contribution in [0.5, 0.6) is 0 Å². The minimum Gasteiger partial charge on any atom is -0.399 e. The molecule has 1 heterocycles. The molecule has 5 heteroatoms. The van der Waals surface area contributed by atoms with E-state index < -0.39 is 9.84 Å². The number of nitrogen functional groups attached to an aromatic ring is 1. The molecule has 0 fully saturated rings. The molecule has 100 valence electrons. The maximum atomic E-state index is 11.7. The second kappa shape index (κ2) is 5.18. The van der Waals surface area contributed by atoms with Crippen LogP contribution in [-0.4, -0.2) is 33.0 Å². The molecule has 0 saturated carbocycles. The van der Waals surface area contributed by atoms with Crippen molar-refractivity contribution >= 4 is 21.2 Å². The van der Waals surface area contributed by atoms with E-state index in [0.29, 0.717) is 13.0 Å². The lowest BCUT2D eigenvalue weighted by Crippen LogP contribution is -2.28. The van der Waals surface area contributed by atoms with Crippen molar-refractivity contribution in [3.8, 4) is 0 Å². The Hall–Kier alpha value is -1.23. The molecule has 18 heavy (non-hydrogen) atoms. The minimum atomic E-state index is -2.90. The molecule has 0 amide bonds. The highest BCUT2D eigenvalue weighted by atomic mass is 32.2. The van der Waals surface area contributed by atoms with Crippen LogP contribution in [0.4, 0.5) is 11.4 Å². The average Bonchev–Trinajstić information content (AvgIpc) is 2.68. The van der Waals surface area contributed by atoms with E-state index in [1.54, 1.807) is 0 Å². The van der Waals surface area contributed by atoms with Crippen LogP contribution >= 0.6 is 0 Å². The quantitative estimate of drug-likeness (QED) is 0.821. The van der Waals surface area contributed by atoms with Gasteiger partial charge in [-0.1, -0.05) is 6.92 Å². The van der Waals surface area contributed by atoms with Gasteiger partial charge < -0.3 is 10.6 Å². The summed E-state index contributed by atoms with van der Waals surface area (Å²) in [6.45, 7) is 3.37. The fourth-order valence-corrected chi connectivity index (χ4v) is 3.71. The number of sulfone groups is 1. The summed E-state index contributed by atoms with van der Waals surface area (Å²) in [5, 5.41) is 0. The summed E-state index contributed by atoms with van der Waals surface area (Å²) in [7, 11) is -2.90. The third kappa shape index (κ3) is 2.96. The van der Waals surface area contributed by atoms with Gasteiger partial charge in [-0.25, -0.2) is 8.42 Å². The lowest BCUT2D eigenvalue weighted by Gasteiger charge is -2.19. The van der Waals surface area contributed by atoms with Gasteiger partial charge in [0.25, 0.3) is 0 Å². The van der Waals surface area contributed by atoms with E-state index in [2.05, 4.69) is 4.90 Å². The first kappa shape index (κ1) is 13.2. The number of rotatable bonds is 5. The first-order chi connectivity index (χ1) is 8.52. The molecular formula is C13H20N2O2S. The van der Waals surface area contributed by atoms with Crippen LogP contribution in [0.2, 0.25) is 0 Å². The molecule has 1 aliphatic heterocycles. The standard InChI is InChI=1S/C13H20N2O2S/c1-2-8-18(16,17)9-7-15-6-5-11-10-12(14)3-4-13(11)15/h3-4,10H,2,5-9,14H2,1H3. The predicted molar refractivity (Wildman–Crippen MR) is 75.7 cm³/mol. The van der Waals surface area contributed by atoms with Gasteiger partial charge in [-0.2, -0.15) is 0 Å². The molecule has 2 rings (SSSR count). The van der Waals surface area contributed by atoms with Gasteiger partial charge in [0, 0.05) is 30.2 Å². The monoisotopic (exact) mass is 268 g/mol. The zero-order chi connectivity index (χ0) is 13.2. The Kier molecular flexibility index (Phi) is 3.80. The second-order valence-electron chi connectivity index (χ2n) is 4.78. The summed E-state index contributed by atoms with van der Waals surface area (Å²) in [6.07, 6.45) is 1.64. The van der Waals surface area contributed by atoms with Gasteiger partial charge in [0.2, 0.25) is 0 Å². The molecular weight excluding hydrogens is 248 g/mol. The third-order valence-electron chi connectivity index (χ3n) is 3.28. The first-order valence-corrected chi connectivity index (χ1v) is 8.18. The van der Waals surface area contributed by atoms with Gasteiger partial charge >= 0.3 is 0 Å². The lowest BCUT2D eigenvalue weighted by molar-refractivity contribution is 0.593. The maximum Gasteiger partial charge on any atom is 0.152 e. The van der Waals surface area contributed by atoms with E-state index in [1.165, 1.54) is 5.56 Å². The molecule has 4 nitrogen and oxygen atoms in total. The number of hydrogen-bond acceptors (Lipinski definition) is 4. The molecule has 2 N–H and O–H groups in total. The Bertz CT molecular complexity index is 526. The Morgan fingerprint density at radius 2 is 2.11 bits per heavy atom. The fraction of sp³-hybridized carbons (Fsp3) is 0.538. The second-order valence-corrected chi connectivity index (χ2v) is 7.08. The summed E-state index contributed by atoms with van der Waals surface area (Å²) in [4.78, 5) is 2.14. The number of benzene rings is 1. The highest BCUT2D eigenvalue weighted by Gasteiger charge is 2.20. The lowest BCUT2D eigenvalue weighted by atomic mass is 10.1. The Morgan fingerprint density at radius 3 is 2.83 bits per heavy atom. The summed E-state index contributed by atoms with van der Waals surface area (Å²) in [6, 6.07) is 5.84. The molecule has 0 bridgehead atoms. The molecule has 1 aliphatic rings. The third-order valence-corrected chi connectivity index (χ3v) is 5.12. The van der Waals surface area contributed by atoms with Crippen LogP contribution in [0.1, 0.15) is 18.9 Å². The van der Waals surface area contributed by atoms with E-state index in [0.717, 1.165) is 24.3 Å². The minimum absolute atomic E-state index is 0.241. The van der Waals surface area contributed by atoms with Gasteiger partial charge in [-0.3, -0.25) is 0 Å². The molecule has 0 aliphatic carbocycles. The Morgan fingerprint density at radius 1 is 1.33 bits per heavy atom. The average molecular weight is 268 g/mol. The molecule has 0 spiro atoms. The number of nitrogens with two attached hydrogens (primary N) is 1. The van der Waals surface area contributed by atoms with Crippen molar-refractivity contribution in [1.82, 2.24) is 0 Å². The fourth-order valence-electron chi connectivity index (χ4n) is 2.38. The van der Waals surface area contributed by atoms with Crippen LogP contribution in [-0.2, 0) is 16.3 Å². The number of anilines is 2. The number of nitrogens with zero attached hydrogens (tertiary/aromatic N) is 1. The highest BCUT2D eigenvalue weighted by molar-refractivity contribution is 7.91.